The molecule has 168 valence electrons. The van der Waals surface area contributed by atoms with Crippen molar-refractivity contribution in [1.82, 2.24) is 9.80 Å². The fourth-order valence-corrected chi connectivity index (χ4v) is 4.70. The van der Waals surface area contributed by atoms with Crippen LogP contribution in [0.2, 0.25) is 0 Å². The molecule has 3 N–H and O–H groups in total. The monoisotopic (exact) mass is 439 g/mol. The number of rotatable bonds is 6. The molecule has 0 bridgehead atoms. The van der Waals surface area contributed by atoms with Gasteiger partial charge in [0.2, 0.25) is 0 Å². The third-order valence-corrected chi connectivity index (χ3v) is 6.14. The van der Waals surface area contributed by atoms with Crippen LogP contribution in [0.15, 0.2) is 18.2 Å². The second-order valence-corrected chi connectivity index (χ2v) is 8.42. The van der Waals surface area contributed by atoms with E-state index in [1.54, 1.807) is 25.3 Å². The Kier molecular flexibility index (Phi) is 10.3. The zero-order valence-corrected chi connectivity index (χ0v) is 18.7. The van der Waals surface area contributed by atoms with Gasteiger partial charge in [0, 0.05) is 51.3 Å². The minimum Gasteiger partial charge on any atom is -0.493 e. The molecule has 2 saturated heterocycles. The van der Waals surface area contributed by atoms with Crippen molar-refractivity contribution in [2.45, 2.75) is 25.8 Å². The van der Waals surface area contributed by atoms with E-state index < -0.39 is 5.97 Å². The number of carboxylic acid groups (broad SMARTS) is 1. The molecule has 2 heterocycles. The van der Waals surface area contributed by atoms with E-state index in [0.717, 1.165) is 33.1 Å². The molecule has 0 radical (unpaired) electrons. The van der Waals surface area contributed by atoms with E-state index in [1.807, 2.05) is 4.90 Å². The summed E-state index contributed by atoms with van der Waals surface area (Å²) in [5.41, 5.74) is 6.15. The number of piperazine rings is 1. The number of amides is 1. The van der Waals surface area contributed by atoms with Crippen molar-refractivity contribution in [1.29, 1.82) is 0 Å². The molecule has 0 aliphatic carbocycles. The Morgan fingerprint density at radius 2 is 1.80 bits per heavy atom. The number of carbonyl (C=O) groups is 2. The molecule has 2 aliphatic rings. The molecule has 0 atom stereocenters. The number of thioether (sulfide) groups is 1. The molecule has 9 heteroatoms. The number of nitrogens with two attached hydrogens (primary N) is 1. The Labute approximate surface area is 182 Å². The summed E-state index contributed by atoms with van der Waals surface area (Å²) in [6, 6.07) is 6.06. The maximum atomic E-state index is 12.9. The van der Waals surface area contributed by atoms with Gasteiger partial charge in [-0.2, -0.15) is 11.8 Å². The lowest BCUT2D eigenvalue weighted by molar-refractivity contribution is -0.134. The Morgan fingerprint density at radius 3 is 2.37 bits per heavy atom. The van der Waals surface area contributed by atoms with E-state index >= 15 is 0 Å². The van der Waals surface area contributed by atoms with Crippen molar-refractivity contribution < 1.29 is 24.2 Å². The molecule has 0 saturated carbocycles. The maximum absolute atomic E-state index is 12.9. The first-order chi connectivity index (χ1) is 14.5. The molecule has 30 heavy (non-hydrogen) atoms. The second kappa shape index (κ2) is 12.7. The molecule has 0 aromatic heterocycles. The van der Waals surface area contributed by atoms with E-state index in [2.05, 4.69) is 16.7 Å². The van der Waals surface area contributed by atoms with Crippen molar-refractivity contribution in [3.63, 3.8) is 0 Å². The van der Waals surface area contributed by atoms with Gasteiger partial charge in [-0.15, -0.1) is 0 Å². The van der Waals surface area contributed by atoms with Gasteiger partial charge in [-0.1, -0.05) is 0 Å². The fourth-order valence-electron chi connectivity index (χ4n) is 3.61. The van der Waals surface area contributed by atoms with Crippen molar-refractivity contribution in [2.24, 2.45) is 5.73 Å². The zero-order valence-electron chi connectivity index (χ0n) is 17.8. The number of carboxylic acids is 1. The van der Waals surface area contributed by atoms with Gasteiger partial charge in [0.25, 0.3) is 11.9 Å². The molecule has 1 aromatic rings. The zero-order chi connectivity index (χ0) is 21.9. The molecule has 1 aromatic carbocycles. The van der Waals surface area contributed by atoms with Crippen LogP contribution in [0.1, 0.15) is 30.1 Å². The number of hydrogen-bond donors (Lipinski definition) is 2. The van der Waals surface area contributed by atoms with Crippen molar-refractivity contribution in [2.75, 3.05) is 57.9 Å². The first-order valence-electron chi connectivity index (χ1n) is 10.3. The summed E-state index contributed by atoms with van der Waals surface area (Å²) in [5, 5.41) is 7.42. The predicted octanol–water partition coefficient (Wildman–Crippen LogP) is 1.78. The van der Waals surface area contributed by atoms with Gasteiger partial charge >= 0.3 is 0 Å². The average molecular weight is 440 g/mol. The van der Waals surface area contributed by atoms with Gasteiger partial charge in [0.05, 0.1) is 7.11 Å². The number of benzene rings is 1. The number of nitrogens with zero attached hydrogens (tertiary/aromatic N) is 2. The van der Waals surface area contributed by atoms with Crippen molar-refractivity contribution >= 4 is 23.6 Å². The van der Waals surface area contributed by atoms with Crippen LogP contribution in [0.25, 0.3) is 0 Å². The highest BCUT2D eigenvalue weighted by Gasteiger charge is 2.28. The first kappa shape index (κ1) is 24.3. The summed E-state index contributed by atoms with van der Waals surface area (Å²) in [6.45, 7) is 5.40. The van der Waals surface area contributed by atoms with Gasteiger partial charge < -0.3 is 25.2 Å². The minimum atomic E-state index is -0.833. The maximum Gasteiger partial charge on any atom is 0.300 e. The topological polar surface area (TPSA) is 105 Å². The molecular formula is C21H33N3O5S. The van der Waals surface area contributed by atoms with Crippen LogP contribution in [-0.4, -0.2) is 90.8 Å². The fraction of sp³-hybridized carbons (Fsp3) is 0.619. The average Bonchev–Trinajstić information content (AvgIpc) is 2.77. The van der Waals surface area contributed by atoms with Crippen LogP contribution < -0.4 is 15.2 Å². The first-order valence-corrected chi connectivity index (χ1v) is 11.4. The number of aliphatic carboxylic acids is 1. The van der Waals surface area contributed by atoms with E-state index in [0.29, 0.717) is 36.3 Å². The van der Waals surface area contributed by atoms with Gasteiger partial charge in [-0.3, -0.25) is 14.5 Å². The van der Waals surface area contributed by atoms with E-state index in [-0.39, 0.29) is 5.91 Å². The van der Waals surface area contributed by atoms with Crippen LogP contribution in [0, 0.1) is 0 Å². The summed E-state index contributed by atoms with van der Waals surface area (Å²) in [5.74, 6) is 2.95. The molecule has 2 aliphatic heterocycles. The Morgan fingerprint density at radius 1 is 1.17 bits per heavy atom. The van der Waals surface area contributed by atoms with Gasteiger partial charge in [-0.25, -0.2) is 0 Å². The van der Waals surface area contributed by atoms with Gasteiger partial charge in [0.15, 0.2) is 11.5 Å². The summed E-state index contributed by atoms with van der Waals surface area (Å²) >= 11 is 2.05. The van der Waals surface area contributed by atoms with Crippen molar-refractivity contribution in [3.05, 3.63) is 23.8 Å². The Hall–Kier alpha value is -1.97. The molecule has 1 amide bonds. The largest absolute Gasteiger partial charge is 0.493 e. The highest BCUT2D eigenvalue weighted by molar-refractivity contribution is 7.99. The van der Waals surface area contributed by atoms with E-state index in [9.17, 15) is 4.79 Å². The van der Waals surface area contributed by atoms with Gasteiger partial charge in [-0.05, 0) is 42.5 Å². The lowest BCUT2D eigenvalue weighted by Gasteiger charge is -2.40. The number of methoxy groups -OCH3 is 1. The molecular weight excluding hydrogens is 406 g/mol. The summed E-state index contributed by atoms with van der Waals surface area (Å²) in [7, 11) is 1.59. The molecule has 0 spiro atoms. The van der Waals surface area contributed by atoms with Crippen LogP contribution in [0.3, 0.4) is 0 Å². The second-order valence-electron chi connectivity index (χ2n) is 7.19. The third-order valence-electron chi connectivity index (χ3n) is 5.09. The van der Waals surface area contributed by atoms with Crippen LogP contribution >= 0.6 is 11.8 Å². The SMILES string of the molecule is CC(=O)O.COc1ccc(C(=O)N2CCN(C3CCSCC3)CC2)cc1OCCN. The molecule has 3 rings (SSSR count). The lowest BCUT2D eigenvalue weighted by atomic mass is 10.1. The van der Waals surface area contributed by atoms with E-state index in [4.69, 9.17) is 25.1 Å². The van der Waals surface area contributed by atoms with E-state index in [1.165, 1.54) is 24.3 Å². The van der Waals surface area contributed by atoms with Crippen LogP contribution in [0.5, 0.6) is 11.5 Å². The normalized spacial score (nSPS) is 17.6. The Balaban J connectivity index is 0.000000735. The number of ether oxygens (including phenoxy) is 2. The summed E-state index contributed by atoms with van der Waals surface area (Å²) in [6.07, 6.45) is 2.55. The van der Waals surface area contributed by atoms with Crippen molar-refractivity contribution in [3.8, 4) is 11.5 Å². The summed E-state index contributed by atoms with van der Waals surface area (Å²) in [4.78, 5) is 26.4. The highest BCUT2D eigenvalue weighted by atomic mass is 32.2. The summed E-state index contributed by atoms with van der Waals surface area (Å²) < 4.78 is 10.9. The quantitative estimate of drug-likeness (QED) is 0.691. The predicted molar refractivity (Wildman–Crippen MR) is 119 cm³/mol. The number of hydrogen-bond acceptors (Lipinski definition) is 7. The van der Waals surface area contributed by atoms with Gasteiger partial charge in [0.1, 0.15) is 6.61 Å². The molecule has 0 unspecified atom stereocenters. The third kappa shape index (κ3) is 7.37. The number of carbonyl (C=O) groups excluding carboxylic acids is 1. The minimum absolute atomic E-state index is 0.0594. The highest BCUT2D eigenvalue weighted by Crippen LogP contribution is 2.29. The molecule has 8 nitrogen and oxygen atoms in total. The molecule has 2 fully saturated rings. The smallest absolute Gasteiger partial charge is 0.300 e. The van der Waals surface area contributed by atoms with Crippen LogP contribution in [0.4, 0.5) is 0 Å². The Bertz CT molecular complexity index is 685. The lowest BCUT2D eigenvalue weighted by Crippen LogP contribution is -2.52. The van der Waals surface area contributed by atoms with Crippen LogP contribution in [-0.2, 0) is 4.79 Å². The standard InChI is InChI=1S/C19H29N3O3S.C2H4O2/c1-24-17-3-2-15(14-18(17)25-11-6-20)19(23)22-9-7-21(8-10-22)16-4-12-26-13-5-16;1-2(3)4/h2-3,14,16H,4-13,20H2,1H3;1H3,(H,3,4).